The van der Waals surface area contributed by atoms with Gasteiger partial charge in [-0.05, 0) is 25.0 Å². The van der Waals surface area contributed by atoms with Gasteiger partial charge in [0.25, 0.3) is 0 Å². The van der Waals surface area contributed by atoms with Crippen molar-refractivity contribution in [2.24, 2.45) is 10.9 Å². The van der Waals surface area contributed by atoms with Crippen LogP contribution in [0.15, 0.2) is 35.3 Å². The van der Waals surface area contributed by atoms with Gasteiger partial charge < -0.3 is 19.7 Å². The van der Waals surface area contributed by atoms with Crippen LogP contribution in [0.5, 0.6) is 5.75 Å². The summed E-state index contributed by atoms with van der Waals surface area (Å²) in [4.78, 5) is 7.04. The normalized spacial score (nSPS) is 15.7. The lowest BCUT2D eigenvalue weighted by Gasteiger charge is -2.34. The van der Waals surface area contributed by atoms with Crippen molar-refractivity contribution in [2.75, 3.05) is 39.4 Å². The van der Waals surface area contributed by atoms with Crippen molar-refractivity contribution in [1.82, 2.24) is 10.2 Å². The fourth-order valence-electron chi connectivity index (χ4n) is 2.84. The van der Waals surface area contributed by atoms with Gasteiger partial charge in [0, 0.05) is 39.1 Å². The van der Waals surface area contributed by atoms with Crippen molar-refractivity contribution >= 4 is 29.9 Å². The molecule has 148 valence electrons. The number of para-hydroxylation sites is 1. The van der Waals surface area contributed by atoms with E-state index < -0.39 is 0 Å². The molecule has 6 heteroatoms. The first kappa shape index (κ1) is 23.0. The monoisotopic (exact) mass is 475 g/mol. The third-order valence-corrected chi connectivity index (χ3v) is 4.07. The van der Waals surface area contributed by atoms with Crippen molar-refractivity contribution in [3.63, 3.8) is 0 Å². The minimum atomic E-state index is 0. The summed E-state index contributed by atoms with van der Waals surface area (Å²) in [5.41, 5.74) is 0. The Morgan fingerprint density at radius 1 is 1.23 bits per heavy atom. The standard InChI is InChI=1S/C20H33N3O2.HI/c1-4-21-20(22-12-15-24-16-17(2)3)23-13-10-19(11-14-23)25-18-8-6-5-7-9-18;/h5-9,17,19H,4,10-16H2,1-3H3,(H,21,22);1H. The van der Waals surface area contributed by atoms with E-state index in [2.05, 4.69) is 31.0 Å². The third kappa shape index (κ3) is 8.58. The SMILES string of the molecule is CCNC(=NCCOCC(C)C)N1CCC(Oc2ccccc2)CC1.I. The zero-order chi connectivity index (χ0) is 17.9. The van der Waals surface area contributed by atoms with E-state index in [1.54, 1.807) is 0 Å². The summed E-state index contributed by atoms with van der Waals surface area (Å²) in [5.74, 6) is 2.53. The molecule has 0 unspecified atom stereocenters. The lowest BCUT2D eigenvalue weighted by molar-refractivity contribution is 0.115. The summed E-state index contributed by atoms with van der Waals surface area (Å²) in [7, 11) is 0. The fraction of sp³-hybridized carbons (Fsp3) is 0.650. The predicted molar refractivity (Wildman–Crippen MR) is 119 cm³/mol. The van der Waals surface area contributed by atoms with E-state index in [0.717, 1.165) is 50.8 Å². The average molecular weight is 475 g/mol. The molecule has 0 atom stereocenters. The van der Waals surface area contributed by atoms with Gasteiger partial charge in [-0.3, -0.25) is 4.99 Å². The molecule has 26 heavy (non-hydrogen) atoms. The van der Waals surface area contributed by atoms with Crippen molar-refractivity contribution in [1.29, 1.82) is 0 Å². The van der Waals surface area contributed by atoms with Crippen LogP contribution < -0.4 is 10.1 Å². The van der Waals surface area contributed by atoms with Crippen LogP contribution in [0.3, 0.4) is 0 Å². The largest absolute Gasteiger partial charge is 0.490 e. The van der Waals surface area contributed by atoms with Gasteiger partial charge in [0.2, 0.25) is 0 Å². The molecular weight excluding hydrogens is 441 g/mol. The molecule has 1 N–H and O–H groups in total. The van der Waals surface area contributed by atoms with Crippen LogP contribution in [-0.2, 0) is 4.74 Å². The van der Waals surface area contributed by atoms with Crippen LogP contribution >= 0.6 is 24.0 Å². The molecular formula is C20H34IN3O2. The lowest BCUT2D eigenvalue weighted by Crippen LogP contribution is -2.47. The number of nitrogens with one attached hydrogen (secondary N) is 1. The van der Waals surface area contributed by atoms with Gasteiger partial charge in [-0.1, -0.05) is 32.0 Å². The van der Waals surface area contributed by atoms with Crippen LogP contribution in [-0.4, -0.2) is 56.4 Å². The van der Waals surface area contributed by atoms with E-state index in [1.165, 1.54) is 0 Å². The molecule has 0 bridgehead atoms. The first-order valence-electron chi connectivity index (χ1n) is 9.51. The highest BCUT2D eigenvalue weighted by Gasteiger charge is 2.22. The maximum Gasteiger partial charge on any atom is 0.193 e. The second-order valence-corrected chi connectivity index (χ2v) is 6.82. The minimum absolute atomic E-state index is 0. The number of hydrogen-bond donors (Lipinski definition) is 1. The molecule has 0 saturated carbocycles. The summed E-state index contributed by atoms with van der Waals surface area (Å²) in [6.45, 7) is 11.4. The van der Waals surface area contributed by atoms with E-state index in [1.807, 2.05) is 30.3 Å². The zero-order valence-corrected chi connectivity index (χ0v) is 18.6. The van der Waals surface area contributed by atoms with Gasteiger partial charge >= 0.3 is 0 Å². The number of benzene rings is 1. The van der Waals surface area contributed by atoms with Crippen LogP contribution in [0.2, 0.25) is 0 Å². The number of likely N-dealkylation sites (tertiary alicyclic amines) is 1. The Kier molecular flexibility index (Phi) is 11.7. The number of guanidine groups is 1. The quantitative estimate of drug-likeness (QED) is 0.269. The van der Waals surface area contributed by atoms with Gasteiger partial charge in [0.05, 0.1) is 13.2 Å². The second-order valence-electron chi connectivity index (χ2n) is 6.82. The maximum atomic E-state index is 6.07. The molecule has 1 aliphatic heterocycles. The first-order valence-corrected chi connectivity index (χ1v) is 9.51. The molecule has 1 aromatic rings. The van der Waals surface area contributed by atoms with E-state index in [9.17, 15) is 0 Å². The summed E-state index contributed by atoms with van der Waals surface area (Å²) in [5, 5.41) is 3.40. The number of nitrogens with zero attached hydrogens (tertiary/aromatic N) is 2. The van der Waals surface area contributed by atoms with Gasteiger partial charge in [-0.15, -0.1) is 24.0 Å². The second kappa shape index (κ2) is 13.2. The van der Waals surface area contributed by atoms with Crippen LogP contribution in [0, 0.1) is 5.92 Å². The number of piperidine rings is 1. The van der Waals surface area contributed by atoms with E-state index >= 15 is 0 Å². The van der Waals surface area contributed by atoms with Crippen molar-refractivity contribution in [3.8, 4) is 5.75 Å². The average Bonchev–Trinajstić information content (AvgIpc) is 2.62. The fourth-order valence-corrected chi connectivity index (χ4v) is 2.84. The molecule has 1 aromatic carbocycles. The topological polar surface area (TPSA) is 46.1 Å². The van der Waals surface area contributed by atoms with Crippen molar-refractivity contribution in [2.45, 2.75) is 39.7 Å². The molecule has 1 heterocycles. The molecule has 1 fully saturated rings. The highest BCUT2D eigenvalue weighted by molar-refractivity contribution is 14.0. The van der Waals surface area contributed by atoms with E-state index in [-0.39, 0.29) is 30.1 Å². The summed E-state index contributed by atoms with van der Waals surface area (Å²) in [6.07, 6.45) is 2.32. The minimum Gasteiger partial charge on any atom is -0.490 e. The molecule has 0 radical (unpaired) electrons. The maximum absolute atomic E-state index is 6.07. The van der Waals surface area contributed by atoms with Crippen LogP contribution in [0.4, 0.5) is 0 Å². The number of ether oxygens (including phenoxy) is 2. The highest BCUT2D eigenvalue weighted by Crippen LogP contribution is 2.18. The Balaban J connectivity index is 0.00000338. The van der Waals surface area contributed by atoms with Gasteiger partial charge in [0.15, 0.2) is 5.96 Å². The van der Waals surface area contributed by atoms with Gasteiger partial charge in [-0.25, -0.2) is 0 Å². The zero-order valence-electron chi connectivity index (χ0n) is 16.3. The number of aliphatic imine (C=N–C) groups is 1. The Labute approximate surface area is 175 Å². The molecule has 1 saturated heterocycles. The summed E-state index contributed by atoms with van der Waals surface area (Å²) in [6, 6.07) is 10.1. The number of rotatable bonds is 8. The molecule has 0 aliphatic carbocycles. The Bertz CT molecular complexity index is 503. The van der Waals surface area contributed by atoms with Crippen molar-refractivity contribution in [3.05, 3.63) is 30.3 Å². The number of hydrogen-bond acceptors (Lipinski definition) is 3. The van der Waals surface area contributed by atoms with Gasteiger partial charge in [-0.2, -0.15) is 0 Å². The van der Waals surface area contributed by atoms with Crippen molar-refractivity contribution < 1.29 is 9.47 Å². The molecule has 1 aliphatic rings. The highest BCUT2D eigenvalue weighted by atomic mass is 127. The Morgan fingerprint density at radius 3 is 2.54 bits per heavy atom. The summed E-state index contributed by atoms with van der Waals surface area (Å²) < 4.78 is 11.7. The van der Waals surface area contributed by atoms with E-state index in [4.69, 9.17) is 14.5 Å². The third-order valence-electron chi connectivity index (χ3n) is 4.07. The molecule has 0 spiro atoms. The Hall–Kier alpha value is -1.02. The summed E-state index contributed by atoms with van der Waals surface area (Å²) >= 11 is 0. The van der Waals surface area contributed by atoms with Crippen LogP contribution in [0.25, 0.3) is 0 Å². The van der Waals surface area contributed by atoms with Crippen LogP contribution in [0.1, 0.15) is 33.6 Å². The molecule has 5 nitrogen and oxygen atoms in total. The Morgan fingerprint density at radius 2 is 1.92 bits per heavy atom. The first-order chi connectivity index (χ1) is 12.2. The molecule has 0 aromatic heterocycles. The lowest BCUT2D eigenvalue weighted by atomic mass is 10.1. The van der Waals surface area contributed by atoms with Gasteiger partial charge in [0.1, 0.15) is 11.9 Å². The van der Waals surface area contributed by atoms with E-state index in [0.29, 0.717) is 19.1 Å². The smallest absolute Gasteiger partial charge is 0.193 e. The number of halogens is 1. The molecule has 0 amide bonds. The molecule has 2 rings (SSSR count). The predicted octanol–water partition coefficient (Wildman–Crippen LogP) is 3.79.